The Kier molecular flexibility index (Phi) is 6.23. The van der Waals surface area contributed by atoms with Crippen molar-refractivity contribution in [2.45, 2.75) is 77.8 Å². The summed E-state index contributed by atoms with van der Waals surface area (Å²) < 4.78 is 0. The number of aryl methyl sites for hydroxylation is 1. The van der Waals surface area contributed by atoms with Crippen molar-refractivity contribution < 1.29 is 4.79 Å². The molecule has 0 unspecified atom stereocenters. The topological polar surface area (TPSA) is 54.0 Å². The van der Waals surface area contributed by atoms with E-state index in [9.17, 15) is 4.79 Å². The predicted octanol–water partition coefficient (Wildman–Crippen LogP) is 6.30. The molecule has 1 fully saturated rings. The van der Waals surface area contributed by atoms with Gasteiger partial charge in [-0.1, -0.05) is 51.1 Å². The summed E-state index contributed by atoms with van der Waals surface area (Å²) in [6.07, 6.45) is 4.06. The Bertz CT molecular complexity index is 1120. The second-order valence-corrected chi connectivity index (χ2v) is 10.2. The number of hydrogen-bond donors (Lipinski definition) is 2. The number of pyridine rings is 1. The molecule has 0 bridgehead atoms. The predicted molar refractivity (Wildman–Crippen MR) is 133 cm³/mol. The summed E-state index contributed by atoms with van der Waals surface area (Å²) >= 11 is 0. The van der Waals surface area contributed by atoms with Crippen LogP contribution in [0.15, 0.2) is 48.5 Å². The van der Waals surface area contributed by atoms with Gasteiger partial charge in [0.25, 0.3) is 5.91 Å². The maximum Gasteiger partial charge on any atom is 0.251 e. The van der Waals surface area contributed by atoms with Crippen LogP contribution in [0, 0.1) is 13.8 Å². The highest BCUT2D eigenvalue weighted by atomic mass is 16.1. The standard InChI is InChI=1S/C28H35N3O/c1-18-9-8-11-22(19(18)2)27(32)30-21-15-13-20(14-16-21)29-25-17-26(28(3,4)5)31-24-12-7-6-10-23(24)25/h6-12,17,20-21H,13-16H2,1-5H3,(H,29,31)(H,30,32). The highest BCUT2D eigenvalue weighted by Gasteiger charge is 2.25. The van der Waals surface area contributed by atoms with Crippen molar-refractivity contribution in [3.8, 4) is 0 Å². The molecular weight excluding hydrogens is 394 g/mol. The number of anilines is 1. The number of hydrogen-bond acceptors (Lipinski definition) is 3. The summed E-state index contributed by atoms with van der Waals surface area (Å²) in [7, 11) is 0. The largest absolute Gasteiger partial charge is 0.382 e. The van der Waals surface area contributed by atoms with Crippen LogP contribution < -0.4 is 10.6 Å². The van der Waals surface area contributed by atoms with E-state index in [0.29, 0.717) is 6.04 Å². The summed E-state index contributed by atoms with van der Waals surface area (Å²) in [6, 6.07) is 17.2. The molecule has 168 valence electrons. The van der Waals surface area contributed by atoms with Gasteiger partial charge in [-0.2, -0.15) is 0 Å². The van der Waals surface area contributed by atoms with Crippen LogP contribution in [-0.4, -0.2) is 23.0 Å². The molecule has 1 aromatic heterocycles. The smallest absolute Gasteiger partial charge is 0.251 e. The third kappa shape index (κ3) is 4.79. The number of carbonyl (C=O) groups is 1. The number of fused-ring (bicyclic) bond motifs is 1. The SMILES string of the molecule is Cc1cccc(C(=O)NC2CCC(Nc3cc(C(C)(C)C)nc4ccccc34)CC2)c1C. The Morgan fingerprint density at radius 3 is 2.34 bits per heavy atom. The van der Waals surface area contributed by atoms with Gasteiger partial charge in [-0.15, -0.1) is 0 Å². The molecule has 0 spiro atoms. The van der Waals surface area contributed by atoms with Gasteiger partial charge in [0, 0.05) is 39.8 Å². The molecule has 1 aliphatic carbocycles. The first-order valence-electron chi connectivity index (χ1n) is 11.8. The number of carbonyl (C=O) groups excluding carboxylic acids is 1. The molecule has 0 saturated heterocycles. The molecule has 4 nitrogen and oxygen atoms in total. The van der Waals surface area contributed by atoms with Crippen LogP contribution in [0.4, 0.5) is 5.69 Å². The third-order valence-corrected chi connectivity index (χ3v) is 6.76. The fraction of sp³-hybridized carbons (Fsp3) is 0.429. The first-order chi connectivity index (χ1) is 15.2. The Labute approximate surface area is 191 Å². The normalized spacial score (nSPS) is 19.0. The minimum absolute atomic E-state index is 0.00364. The molecule has 0 atom stereocenters. The first kappa shape index (κ1) is 22.3. The monoisotopic (exact) mass is 429 g/mol. The average Bonchev–Trinajstić information content (AvgIpc) is 2.76. The van der Waals surface area contributed by atoms with Crippen molar-refractivity contribution in [2.75, 3.05) is 5.32 Å². The molecular formula is C28H35N3O. The minimum Gasteiger partial charge on any atom is -0.382 e. The van der Waals surface area contributed by atoms with Crippen LogP contribution in [0.5, 0.6) is 0 Å². The van der Waals surface area contributed by atoms with Crippen molar-refractivity contribution in [3.63, 3.8) is 0 Å². The lowest BCUT2D eigenvalue weighted by Crippen LogP contribution is -2.40. The van der Waals surface area contributed by atoms with E-state index in [4.69, 9.17) is 4.98 Å². The molecule has 0 radical (unpaired) electrons. The van der Waals surface area contributed by atoms with Crippen LogP contribution in [0.25, 0.3) is 10.9 Å². The molecule has 3 aromatic rings. The van der Waals surface area contributed by atoms with Gasteiger partial charge in [-0.25, -0.2) is 0 Å². The van der Waals surface area contributed by atoms with Crippen LogP contribution in [0.2, 0.25) is 0 Å². The maximum absolute atomic E-state index is 12.8. The van der Waals surface area contributed by atoms with E-state index in [1.165, 1.54) is 11.1 Å². The van der Waals surface area contributed by atoms with Crippen LogP contribution in [-0.2, 0) is 5.41 Å². The molecule has 32 heavy (non-hydrogen) atoms. The zero-order chi connectivity index (χ0) is 22.9. The van der Waals surface area contributed by atoms with Crippen LogP contribution in [0.3, 0.4) is 0 Å². The van der Waals surface area contributed by atoms with Gasteiger partial charge >= 0.3 is 0 Å². The van der Waals surface area contributed by atoms with E-state index in [2.05, 4.69) is 74.7 Å². The molecule has 4 heteroatoms. The number of nitrogens with zero attached hydrogens (tertiary/aromatic N) is 1. The van der Waals surface area contributed by atoms with Crippen molar-refractivity contribution in [2.24, 2.45) is 0 Å². The molecule has 0 aliphatic heterocycles. The lowest BCUT2D eigenvalue weighted by atomic mass is 9.89. The van der Waals surface area contributed by atoms with Gasteiger partial charge in [0.2, 0.25) is 0 Å². The second-order valence-electron chi connectivity index (χ2n) is 10.2. The van der Waals surface area contributed by atoms with E-state index >= 15 is 0 Å². The molecule has 4 rings (SSSR count). The Balaban J connectivity index is 1.43. The van der Waals surface area contributed by atoms with Crippen molar-refractivity contribution >= 4 is 22.5 Å². The second kappa shape index (κ2) is 8.93. The van der Waals surface area contributed by atoms with Gasteiger partial charge in [-0.3, -0.25) is 9.78 Å². The molecule has 1 saturated carbocycles. The van der Waals surface area contributed by atoms with Crippen molar-refractivity contribution in [1.82, 2.24) is 10.3 Å². The lowest BCUT2D eigenvalue weighted by molar-refractivity contribution is 0.0926. The number of para-hydroxylation sites is 1. The number of rotatable bonds is 4. The summed E-state index contributed by atoms with van der Waals surface area (Å²) in [5.74, 6) is 0.0533. The van der Waals surface area contributed by atoms with E-state index in [1.54, 1.807) is 0 Å². The Hall–Kier alpha value is -2.88. The van der Waals surface area contributed by atoms with Crippen molar-refractivity contribution in [1.29, 1.82) is 0 Å². The maximum atomic E-state index is 12.8. The van der Waals surface area contributed by atoms with E-state index in [1.807, 2.05) is 19.1 Å². The van der Waals surface area contributed by atoms with E-state index in [0.717, 1.165) is 53.6 Å². The fourth-order valence-electron chi connectivity index (χ4n) is 4.54. The zero-order valence-corrected chi connectivity index (χ0v) is 20.0. The Morgan fingerprint density at radius 1 is 0.938 bits per heavy atom. The van der Waals surface area contributed by atoms with Gasteiger partial charge < -0.3 is 10.6 Å². The third-order valence-electron chi connectivity index (χ3n) is 6.76. The zero-order valence-electron chi connectivity index (χ0n) is 20.0. The Morgan fingerprint density at radius 2 is 1.62 bits per heavy atom. The number of nitrogens with one attached hydrogen (secondary N) is 2. The summed E-state index contributed by atoms with van der Waals surface area (Å²) in [4.78, 5) is 17.7. The quantitative estimate of drug-likeness (QED) is 0.511. The number of aromatic nitrogens is 1. The average molecular weight is 430 g/mol. The number of amides is 1. The fourth-order valence-corrected chi connectivity index (χ4v) is 4.54. The highest BCUT2D eigenvalue weighted by Crippen LogP contribution is 2.31. The van der Waals surface area contributed by atoms with Gasteiger partial charge in [0.05, 0.1) is 5.52 Å². The van der Waals surface area contributed by atoms with Crippen LogP contribution in [0.1, 0.15) is 73.6 Å². The lowest BCUT2D eigenvalue weighted by Gasteiger charge is -2.31. The van der Waals surface area contributed by atoms with Gasteiger partial charge in [0.15, 0.2) is 0 Å². The minimum atomic E-state index is -0.00364. The molecule has 1 amide bonds. The summed E-state index contributed by atoms with van der Waals surface area (Å²) in [5.41, 5.74) is 6.33. The molecule has 1 aliphatic rings. The molecule has 2 aromatic carbocycles. The molecule has 1 heterocycles. The van der Waals surface area contributed by atoms with E-state index < -0.39 is 0 Å². The number of benzene rings is 2. The highest BCUT2D eigenvalue weighted by molar-refractivity contribution is 5.96. The first-order valence-corrected chi connectivity index (χ1v) is 11.8. The van der Waals surface area contributed by atoms with Gasteiger partial charge in [-0.05, 0) is 68.9 Å². The van der Waals surface area contributed by atoms with Crippen LogP contribution >= 0.6 is 0 Å². The van der Waals surface area contributed by atoms with E-state index in [-0.39, 0.29) is 17.4 Å². The summed E-state index contributed by atoms with van der Waals surface area (Å²) in [6.45, 7) is 10.7. The summed E-state index contributed by atoms with van der Waals surface area (Å²) in [5, 5.41) is 8.25. The van der Waals surface area contributed by atoms with Crippen molar-refractivity contribution in [3.05, 3.63) is 70.9 Å². The molecule has 2 N–H and O–H groups in total. The van der Waals surface area contributed by atoms with Gasteiger partial charge in [0.1, 0.15) is 0 Å².